The summed E-state index contributed by atoms with van der Waals surface area (Å²) in [6.07, 6.45) is 3.52. The van der Waals surface area contributed by atoms with Gasteiger partial charge in [0.15, 0.2) is 0 Å². The molecule has 0 bridgehead atoms. The Morgan fingerprint density at radius 3 is 2.84 bits per heavy atom. The summed E-state index contributed by atoms with van der Waals surface area (Å²) in [5, 5.41) is 0. The van der Waals surface area contributed by atoms with E-state index in [4.69, 9.17) is 5.73 Å². The normalized spacial score (nSPS) is 20.3. The zero-order valence-electron chi connectivity index (χ0n) is 11.9. The molecule has 3 heteroatoms. The molecule has 1 aliphatic rings. The highest BCUT2D eigenvalue weighted by Gasteiger charge is 2.25. The number of hydrogen-bond donors (Lipinski definition) is 1. The third kappa shape index (κ3) is 2.15. The minimum atomic E-state index is 0.237. The summed E-state index contributed by atoms with van der Waals surface area (Å²) in [7, 11) is 0. The van der Waals surface area contributed by atoms with Gasteiger partial charge in [-0.15, -0.1) is 11.3 Å². The van der Waals surface area contributed by atoms with E-state index >= 15 is 0 Å². The molecule has 2 aromatic rings. The van der Waals surface area contributed by atoms with Gasteiger partial charge in [0, 0.05) is 27.2 Å². The first-order valence-electron chi connectivity index (χ1n) is 7.10. The van der Waals surface area contributed by atoms with E-state index in [-0.39, 0.29) is 6.04 Å². The highest BCUT2D eigenvalue weighted by atomic mass is 32.1. The van der Waals surface area contributed by atoms with Gasteiger partial charge in [-0.2, -0.15) is 0 Å². The quantitative estimate of drug-likeness (QED) is 0.877. The molecule has 0 amide bonds. The van der Waals surface area contributed by atoms with Gasteiger partial charge in [-0.1, -0.05) is 0 Å². The number of nitrogens with zero attached hydrogens (tertiary/aromatic N) is 1. The maximum atomic E-state index is 6.26. The molecule has 3 rings (SSSR count). The molecular weight excluding hydrogens is 252 g/mol. The van der Waals surface area contributed by atoms with Crippen LogP contribution in [0.1, 0.15) is 58.6 Å². The Balaban J connectivity index is 2.05. The van der Waals surface area contributed by atoms with Crippen LogP contribution in [-0.2, 0) is 6.42 Å². The summed E-state index contributed by atoms with van der Waals surface area (Å²) >= 11 is 1.90. The molecule has 2 nitrogen and oxygen atoms in total. The highest BCUT2D eigenvalue weighted by molar-refractivity contribution is 7.12. The molecule has 102 valence electrons. The van der Waals surface area contributed by atoms with Crippen LogP contribution in [0.25, 0.3) is 0 Å². The molecule has 2 N–H and O–H groups in total. The van der Waals surface area contributed by atoms with Crippen molar-refractivity contribution in [3.05, 3.63) is 44.9 Å². The van der Waals surface area contributed by atoms with Gasteiger partial charge in [0.2, 0.25) is 0 Å². The molecule has 0 aromatic carbocycles. The second-order valence-corrected chi connectivity index (χ2v) is 7.00. The number of rotatable bonds is 2. The fourth-order valence-electron chi connectivity index (χ4n) is 3.31. The molecule has 0 saturated carbocycles. The molecule has 2 heterocycles. The Morgan fingerprint density at radius 1 is 1.37 bits per heavy atom. The summed E-state index contributed by atoms with van der Waals surface area (Å²) < 4.78 is 2.50. The van der Waals surface area contributed by atoms with Crippen molar-refractivity contribution in [3.63, 3.8) is 0 Å². The number of aromatic nitrogens is 1. The summed E-state index contributed by atoms with van der Waals surface area (Å²) in [5.74, 6) is 0. The Hall–Kier alpha value is -1.06. The number of aryl methyl sites for hydroxylation is 2. The lowest BCUT2D eigenvalue weighted by Gasteiger charge is -2.24. The number of hydrogen-bond acceptors (Lipinski definition) is 2. The third-order valence-electron chi connectivity index (χ3n) is 4.26. The predicted octanol–water partition coefficient (Wildman–Crippen LogP) is 4.11. The highest BCUT2D eigenvalue weighted by Crippen LogP contribution is 2.35. The van der Waals surface area contributed by atoms with E-state index in [0.717, 1.165) is 6.42 Å². The molecule has 0 radical (unpaired) electrons. The molecular formula is C16H22N2S. The molecule has 2 atom stereocenters. The van der Waals surface area contributed by atoms with Gasteiger partial charge < -0.3 is 10.3 Å². The first kappa shape index (κ1) is 12.9. The van der Waals surface area contributed by atoms with E-state index in [2.05, 4.69) is 43.5 Å². The first-order valence-corrected chi connectivity index (χ1v) is 7.92. The molecule has 0 saturated heterocycles. The van der Waals surface area contributed by atoms with Crippen LogP contribution in [0.15, 0.2) is 18.2 Å². The Labute approximate surface area is 119 Å². The average Bonchev–Trinajstić information content (AvgIpc) is 2.93. The molecule has 2 aromatic heterocycles. The van der Waals surface area contributed by atoms with Gasteiger partial charge in [0.05, 0.1) is 6.04 Å². The summed E-state index contributed by atoms with van der Waals surface area (Å²) in [6.45, 7) is 6.69. The van der Waals surface area contributed by atoms with E-state index in [0.29, 0.717) is 6.04 Å². The van der Waals surface area contributed by atoms with Gasteiger partial charge in [-0.3, -0.25) is 0 Å². The molecule has 0 aliphatic heterocycles. The van der Waals surface area contributed by atoms with Gasteiger partial charge in [-0.05, 0) is 63.8 Å². The van der Waals surface area contributed by atoms with Crippen LogP contribution < -0.4 is 5.73 Å². The maximum absolute atomic E-state index is 6.26. The Morgan fingerprint density at radius 2 is 2.16 bits per heavy atom. The van der Waals surface area contributed by atoms with Crippen molar-refractivity contribution in [3.8, 4) is 0 Å². The van der Waals surface area contributed by atoms with Crippen molar-refractivity contribution >= 4 is 11.3 Å². The fourth-order valence-corrected chi connectivity index (χ4v) is 4.22. The number of thiophene rings is 1. The molecule has 0 fully saturated rings. The zero-order chi connectivity index (χ0) is 13.6. The van der Waals surface area contributed by atoms with Crippen molar-refractivity contribution < 1.29 is 0 Å². The predicted molar refractivity (Wildman–Crippen MR) is 81.9 cm³/mol. The van der Waals surface area contributed by atoms with Gasteiger partial charge in [-0.25, -0.2) is 0 Å². The standard InChI is InChI=1S/C16H22N2S/c1-10-9-13-14(17)5-4-6-15(13)18(10)12(3)16-8-7-11(2)19-16/h7-9,12,14H,4-6,17H2,1-3H3. The van der Waals surface area contributed by atoms with Gasteiger partial charge in [0.25, 0.3) is 0 Å². The molecule has 1 aliphatic carbocycles. The van der Waals surface area contributed by atoms with E-state index in [1.54, 1.807) is 0 Å². The zero-order valence-corrected chi connectivity index (χ0v) is 12.8. The number of fused-ring (bicyclic) bond motifs is 1. The molecule has 0 spiro atoms. The summed E-state index contributed by atoms with van der Waals surface area (Å²) in [6, 6.07) is 7.44. The van der Waals surface area contributed by atoms with Crippen molar-refractivity contribution in [2.75, 3.05) is 0 Å². The number of nitrogens with two attached hydrogens (primary N) is 1. The van der Waals surface area contributed by atoms with Crippen molar-refractivity contribution in [1.29, 1.82) is 0 Å². The van der Waals surface area contributed by atoms with Crippen molar-refractivity contribution in [1.82, 2.24) is 4.57 Å². The largest absolute Gasteiger partial charge is 0.341 e. The maximum Gasteiger partial charge on any atom is 0.0649 e. The minimum Gasteiger partial charge on any atom is -0.341 e. The topological polar surface area (TPSA) is 30.9 Å². The minimum absolute atomic E-state index is 0.237. The lowest BCUT2D eigenvalue weighted by molar-refractivity contribution is 0.524. The molecule has 19 heavy (non-hydrogen) atoms. The summed E-state index contributed by atoms with van der Waals surface area (Å²) in [5.41, 5.74) is 10.5. The Bertz CT molecular complexity index is 594. The van der Waals surface area contributed by atoms with Gasteiger partial charge >= 0.3 is 0 Å². The van der Waals surface area contributed by atoms with E-state index in [9.17, 15) is 0 Å². The lowest BCUT2D eigenvalue weighted by atomic mass is 9.93. The fraction of sp³-hybridized carbons (Fsp3) is 0.500. The van der Waals surface area contributed by atoms with Crippen LogP contribution in [0, 0.1) is 13.8 Å². The monoisotopic (exact) mass is 274 g/mol. The first-order chi connectivity index (χ1) is 9.08. The average molecular weight is 274 g/mol. The van der Waals surface area contributed by atoms with Crippen LogP contribution in [0.4, 0.5) is 0 Å². The van der Waals surface area contributed by atoms with Crippen LogP contribution in [-0.4, -0.2) is 4.57 Å². The van der Waals surface area contributed by atoms with E-state index in [1.165, 1.54) is 39.5 Å². The van der Waals surface area contributed by atoms with Crippen LogP contribution >= 0.6 is 11.3 Å². The van der Waals surface area contributed by atoms with Crippen molar-refractivity contribution in [2.24, 2.45) is 5.73 Å². The summed E-state index contributed by atoms with van der Waals surface area (Å²) in [4.78, 5) is 2.83. The van der Waals surface area contributed by atoms with Gasteiger partial charge in [0.1, 0.15) is 0 Å². The Kier molecular flexibility index (Phi) is 3.27. The lowest BCUT2D eigenvalue weighted by Crippen LogP contribution is -2.19. The van der Waals surface area contributed by atoms with E-state index in [1.807, 2.05) is 11.3 Å². The SMILES string of the molecule is Cc1ccc(C(C)n2c(C)cc3c2CCCC3N)s1. The van der Waals surface area contributed by atoms with Crippen LogP contribution in [0.3, 0.4) is 0 Å². The second kappa shape index (κ2) is 4.80. The van der Waals surface area contributed by atoms with Crippen LogP contribution in [0.5, 0.6) is 0 Å². The van der Waals surface area contributed by atoms with Crippen molar-refractivity contribution in [2.45, 2.75) is 52.1 Å². The third-order valence-corrected chi connectivity index (χ3v) is 5.43. The molecule has 2 unspecified atom stereocenters. The van der Waals surface area contributed by atoms with E-state index < -0.39 is 0 Å². The smallest absolute Gasteiger partial charge is 0.0649 e. The van der Waals surface area contributed by atoms with Crippen LogP contribution in [0.2, 0.25) is 0 Å². The second-order valence-electron chi connectivity index (χ2n) is 5.68.